The van der Waals surface area contributed by atoms with Gasteiger partial charge in [0.05, 0.1) is 0 Å². The van der Waals surface area contributed by atoms with E-state index in [1.165, 1.54) is 24.3 Å². The third-order valence-electron chi connectivity index (χ3n) is 2.80. The van der Waals surface area contributed by atoms with Gasteiger partial charge in [-0.3, -0.25) is 9.59 Å². The summed E-state index contributed by atoms with van der Waals surface area (Å²) in [7, 11) is 0. The minimum Gasteiger partial charge on any atom is -0.288 e. The fourth-order valence-corrected chi connectivity index (χ4v) is 2.30. The molecule has 0 radical (unpaired) electrons. The quantitative estimate of drug-likeness (QED) is 0.505. The first kappa shape index (κ1) is 17.0. The van der Waals surface area contributed by atoms with Crippen molar-refractivity contribution in [2.75, 3.05) is 0 Å². The van der Waals surface area contributed by atoms with Gasteiger partial charge in [0.15, 0.2) is 0 Å². The molecule has 0 amide bonds. The van der Waals surface area contributed by atoms with E-state index in [-0.39, 0.29) is 21.2 Å². The van der Waals surface area contributed by atoms with Crippen molar-refractivity contribution in [2.45, 2.75) is 0 Å². The number of ketones is 2. The van der Waals surface area contributed by atoms with Crippen molar-refractivity contribution >= 4 is 58.0 Å². The molecule has 0 aromatic heterocycles. The van der Waals surface area contributed by atoms with E-state index in [2.05, 4.69) is 0 Å². The lowest BCUT2D eigenvalue weighted by molar-refractivity contribution is 0.101. The van der Waals surface area contributed by atoms with Gasteiger partial charge in [-0.15, -0.1) is 0 Å². The highest BCUT2D eigenvalue weighted by molar-refractivity contribution is 6.56. The van der Waals surface area contributed by atoms with E-state index >= 15 is 0 Å². The standard InChI is InChI=1S/C16H8Cl4O2/c17-11-5-1-9(2-6-11)15(21)13(19)14(20)16(22)10-3-7-12(18)8-4-10/h1-8H/b14-13-. The molecule has 2 aromatic rings. The molecule has 0 aliphatic carbocycles. The first-order chi connectivity index (χ1) is 10.4. The second-order valence-electron chi connectivity index (χ2n) is 4.30. The van der Waals surface area contributed by atoms with Gasteiger partial charge in [-0.2, -0.15) is 0 Å². The Kier molecular flexibility index (Phi) is 5.65. The maximum atomic E-state index is 12.2. The monoisotopic (exact) mass is 372 g/mol. The van der Waals surface area contributed by atoms with Crippen LogP contribution in [-0.2, 0) is 0 Å². The Morgan fingerprint density at radius 1 is 0.591 bits per heavy atom. The van der Waals surface area contributed by atoms with Crippen LogP contribution in [0.1, 0.15) is 20.7 Å². The molecule has 2 nitrogen and oxygen atoms in total. The molecule has 0 aliphatic heterocycles. The molecule has 112 valence electrons. The fraction of sp³-hybridized carbons (Fsp3) is 0. The van der Waals surface area contributed by atoms with Crippen LogP contribution in [0.2, 0.25) is 10.0 Å². The number of benzene rings is 2. The molecule has 22 heavy (non-hydrogen) atoms. The number of hydrogen-bond acceptors (Lipinski definition) is 2. The fourth-order valence-electron chi connectivity index (χ4n) is 1.66. The van der Waals surface area contributed by atoms with Crippen molar-refractivity contribution in [1.29, 1.82) is 0 Å². The van der Waals surface area contributed by atoms with Crippen LogP contribution in [0.5, 0.6) is 0 Å². The lowest BCUT2D eigenvalue weighted by Gasteiger charge is -2.04. The summed E-state index contributed by atoms with van der Waals surface area (Å²) in [6.07, 6.45) is 0. The minimum absolute atomic E-state index is 0.288. The normalized spacial score (nSPS) is 11.8. The zero-order chi connectivity index (χ0) is 16.3. The van der Waals surface area contributed by atoms with Gasteiger partial charge in [0.2, 0.25) is 11.6 Å². The zero-order valence-electron chi connectivity index (χ0n) is 10.9. The second-order valence-corrected chi connectivity index (χ2v) is 5.93. The van der Waals surface area contributed by atoms with Crippen LogP contribution in [0, 0.1) is 0 Å². The Morgan fingerprint density at radius 2 is 0.864 bits per heavy atom. The molecule has 0 bridgehead atoms. The Morgan fingerprint density at radius 3 is 1.14 bits per heavy atom. The van der Waals surface area contributed by atoms with Crippen molar-refractivity contribution in [3.8, 4) is 0 Å². The van der Waals surface area contributed by atoms with E-state index < -0.39 is 11.6 Å². The summed E-state index contributed by atoms with van der Waals surface area (Å²) in [6.45, 7) is 0. The molecule has 0 spiro atoms. The summed E-state index contributed by atoms with van der Waals surface area (Å²) in [5.74, 6) is -1.10. The van der Waals surface area contributed by atoms with Gasteiger partial charge in [-0.05, 0) is 48.5 Å². The maximum Gasteiger partial charge on any atom is 0.206 e. The van der Waals surface area contributed by atoms with E-state index in [0.717, 1.165) is 0 Å². The highest BCUT2D eigenvalue weighted by Crippen LogP contribution is 2.24. The summed E-state index contributed by atoms with van der Waals surface area (Å²) < 4.78 is 0. The molecule has 0 N–H and O–H groups in total. The molecular weight excluding hydrogens is 366 g/mol. The van der Waals surface area contributed by atoms with Crippen LogP contribution in [0.25, 0.3) is 0 Å². The number of allylic oxidation sites excluding steroid dienone is 2. The molecular formula is C16H8Cl4O2. The van der Waals surface area contributed by atoms with Crippen molar-refractivity contribution in [3.63, 3.8) is 0 Å². The second kappa shape index (κ2) is 7.30. The van der Waals surface area contributed by atoms with E-state index in [0.29, 0.717) is 10.0 Å². The maximum absolute atomic E-state index is 12.2. The average molecular weight is 374 g/mol. The zero-order valence-corrected chi connectivity index (χ0v) is 14.0. The number of halogens is 4. The smallest absolute Gasteiger partial charge is 0.206 e. The lowest BCUT2D eigenvalue weighted by atomic mass is 10.1. The van der Waals surface area contributed by atoms with E-state index in [1.807, 2.05) is 0 Å². The minimum atomic E-state index is -0.550. The first-order valence-corrected chi connectivity index (χ1v) is 7.57. The summed E-state index contributed by atoms with van der Waals surface area (Å²) in [6, 6.07) is 12.2. The first-order valence-electron chi connectivity index (χ1n) is 6.06. The molecule has 0 heterocycles. The average Bonchev–Trinajstić information content (AvgIpc) is 2.53. The molecule has 2 rings (SSSR count). The van der Waals surface area contributed by atoms with Crippen molar-refractivity contribution in [3.05, 3.63) is 79.8 Å². The predicted molar refractivity (Wildman–Crippen MR) is 90.3 cm³/mol. The van der Waals surface area contributed by atoms with Gasteiger partial charge in [0.1, 0.15) is 10.1 Å². The summed E-state index contributed by atoms with van der Waals surface area (Å²) in [5.41, 5.74) is 0.577. The van der Waals surface area contributed by atoms with E-state index in [9.17, 15) is 9.59 Å². The number of rotatable bonds is 4. The molecule has 0 unspecified atom stereocenters. The molecule has 0 fully saturated rings. The van der Waals surface area contributed by atoms with Gasteiger partial charge >= 0.3 is 0 Å². The summed E-state index contributed by atoms with van der Waals surface area (Å²) >= 11 is 23.4. The number of carbonyl (C=O) groups is 2. The third kappa shape index (κ3) is 3.90. The van der Waals surface area contributed by atoms with E-state index in [1.54, 1.807) is 24.3 Å². The third-order valence-corrected chi connectivity index (χ3v) is 4.13. The summed E-state index contributed by atoms with van der Waals surface area (Å²) in [4.78, 5) is 24.4. The Hall–Kier alpha value is -1.32. The van der Waals surface area contributed by atoms with Crippen molar-refractivity contribution in [1.82, 2.24) is 0 Å². The van der Waals surface area contributed by atoms with Gasteiger partial charge < -0.3 is 0 Å². The van der Waals surface area contributed by atoms with Crippen molar-refractivity contribution < 1.29 is 9.59 Å². The van der Waals surface area contributed by atoms with Crippen LogP contribution in [0.15, 0.2) is 58.6 Å². The number of hydrogen-bond donors (Lipinski definition) is 0. The highest BCUT2D eigenvalue weighted by atomic mass is 35.5. The topological polar surface area (TPSA) is 34.1 Å². The lowest BCUT2D eigenvalue weighted by Crippen LogP contribution is -2.06. The van der Waals surface area contributed by atoms with E-state index in [4.69, 9.17) is 46.4 Å². The van der Waals surface area contributed by atoms with Crippen LogP contribution in [0.3, 0.4) is 0 Å². The van der Waals surface area contributed by atoms with Crippen LogP contribution >= 0.6 is 46.4 Å². The Balaban J connectivity index is 2.31. The van der Waals surface area contributed by atoms with Crippen LogP contribution in [0.4, 0.5) is 0 Å². The van der Waals surface area contributed by atoms with Gasteiger partial charge in [0, 0.05) is 21.2 Å². The number of Topliss-reactive ketones (excluding diaryl/α,β-unsaturated/α-hetero) is 2. The van der Waals surface area contributed by atoms with Gasteiger partial charge in [-0.25, -0.2) is 0 Å². The van der Waals surface area contributed by atoms with Crippen LogP contribution < -0.4 is 0 Å². The predicted octanol–water partition coefficient (Wildman–Crippen LogP) is 5.75. The Labute approximate surface area is 147 Å². The highest BCUT2D eigenvalue weighted by Gasteiger charge is 2.20. The Bertz CT molecular complexity index is 681. The molecule has 6 heteroatoms. The number of carbonyl (C=O) groups excluding carboxylic acids is 2. The molecule has 0 atom stereocenters. The van der Waals surface area contributed by atoms with Crippen LogP contribution in [-0.4, -0.2) is 11.6 Å². The largest absolute Gasteiger partial charge is 0.288 e. The molecule has 0 saturated heterocycles. The SMILES string of the molecule is O=C(/C(Cl)=C(/Cl)C(=O)c1ccc(Cl)cc1)c1ccc(Cl)cc1. The van der Waals surface area contributed by atoms with Gasteiger partial charge in [0.25, 0.3) is 0 Å². The summed E-state index contributed by atoms with van der Waals surface area (Å²) in [5, 5.41) is 0.285. The van der Waals surface area contributed by atoms with Crippen molar-refractivity contribution in [2.24, 2.45) is 0 Å². The molecule has 0 aliphatic rings. The molecule has 0 saturated carbocycles. The van der Waals surface area contributed by atoms with Gasteiger partial charge in [-0.1, -0.05) is 46.4 Å². The molecule has 2 aromatic carbocycles.